The van der Waals surface area contributed by atoms with E-state index in [1.54, 1.807) is 0 Å². The Kier molecular flexibility index (Phi) is 18.4. The van der Waals surface area contributed by atoms with E-state index in [9.17, 15) is 0 Å². The number of hydrogen-bond donors (Lipinski definition) is 0. The van der Waals surface area contributed by atoms with Crippen molar-refractivity contribution in [3.8, 4) is 0 Å². The van der Waals surface area contributed by atoms with E-state index >= 15 is 0 Å². The molecule has 3 heteroatoms. The average molecular weight is 549 g/mol. The van der Waals surface area contributed by atoms with Crippen LogP contribution in [0.2, 0.25) is 0 Å². The second-order valence-corrected chi connectivity index (χ2v) is 7.37. The molecule has 0 radical (unpaired) electrons. The third-order valence-electron chi connectivity index (χ3n) is 4.64. The summed E-state index contributed by atoms with van der Waals surface area (Å²) < 4.78 is 0. The Labute approximate surface area is 195 Å². The first kappa shape index (κ1) is 32.0. The SMILES string of the molecule is CCCCN=C1CCCC=C1[N-]c1c(C(C)C)cccc1C(C)C.[CH3-].[CH3-].[CH3-].[Hf]. The summed E-state index contributed by atoms with van der Waals surface area (Å²) in [6.45, 7) is 12.2. The molecule has 2 nitrogen and oxygen atoms in total. The molecule has 0 saturated carbocycles. The van der Waals surface area contributed by atoms with Crippen LogP contribution in [0.15, 0.2) is 35.0 Å². The van der Waals surface area contributed by atoms with Crippen LogP contribution < -0.4 is 0 Å². The van der Waals surface area contributed by atoms with Gasteiger partial charge in [0, 0.05) is 38.1 Å². The molecule has 1 aromatic carbocycles. The van der Waals surface area contributed by atoms with Crippen molar-refractivity contribution in [1.29, 1.82) is 0 Å². The topological polar surface area (TPSA) is 26.5 Å². The molecule has 0 amide bonds. The molecular formula is C25H42HfN2-4. The fourth-order valence-electron chi connectivity index (χ4n) is 3.16. The van der Waals surface area contributed by atoms with Crippen LogP contribution in [0.3, 0.4) is 0 Å². The van der Waals surface area contributed by atoms with Crippen LogP contribution >= 0.6 is 0 Å². The molecule has 160 valence electrons. The maximum Gasteiger partial charge on any atom is 0.0391 e. The Morgan fingerprint density at radius 3 is 2.07 bits per heavy atom. The molecule has 0 saturated heterocycles. The smallest absolute Gasteiger partial charge is 0.0391 e. The second-order valence-electron chi connectivity index (χ2n) is 7.37. The third kappa shape index (κ3) is 8.76. The number of allylic oxidation sites excluding steroid dienone is 2. The van der Waals surface area contributed by atoms with Crippen molar-refractivity contribution in [3.63, 3.8) is 0 Å². The molecular weight excluding hydrogens is 507 g/mol. The van der Waals surface area contributed by atoms with Crippen LogP contribution in [0.1, 0.15) is 89.7 Å². The number of unbranched alkanes of at least 4 members (excludes halogenated alkanes) is 1. The van der Waals surface area contributed by atoms with Crippen molar-refractivity contribution < 1.29 is 25.8 Å². The molecule has 0 unspecified atom stereocenters. The molecule has 1 aliphatic rings. The van der Waals surface area contributed by atoms with Gasteiger partial charge >= 0.3 is 0 Å². The van der Waals surface area contributed by atoms with E-state index in [-0.39, 0.29) is 48.1 Å². The van der Waals surface area contributed by atoms with Crippen LogP contribution in [-0.2, 0) is 25.8 Å². The molecule has 0 heterocycles. The summed E-state index contributed by atoms with van der Waals surface area (Å²) in [5, 5.41) is 5.15. The summed E-state index contributed by atoms with van der Waals surface area (Å²) in [4.78, 5) is 4.85. The van der Waals surface area contributed by atoms with Crippen molar-refractivity contribution >= 4 is 11.4 Å². The van der Waals surface area contributed by atoms with Gasteiger partial charge in [-0.3, -0.25) is 4.99 Å². The van der Waals surface area contributed by atoms with Crippen LogP contribution in [0.4, 0.5) is 5.69 Å². The van der Waals surface area contributed by atoms with Crippen molar-refractivity contribution in [2.24, 2.45) is 4.99 Å². The summed E-state index contributed by atoms with van der Waals surface area (Å²) in [7, 11) is 0. The monoisotopic (exact) mass is 550 g/mol. The van der Waals surface area contributed by atoms with E-state index in [1.807, 2.05) is 0 Å². The standard InChI is InChI=1S/C22H33N2.3CH3.Hf/c1-6-7-15-23-20-13-8-9-14-21(20)24-22-18(16(2)3)11-10-12-19(22)17(4)5;;;;/h10-12,14,16-17H,6-9,13,15H2,1-5H3;3*1H3;/q4*-1;. The normalized spacial score (nSPS) is 14.4. The maximum absolute atomic E-state index is 5.15. The van der Waals surface area contributed by atoms with E-state index in [4.69, 9.17) is 10.3 Å². The average Bonchev–Trinajstić information content (AvgIpc) is 2.56. The van der Waals surface area contributed by atoms with Gasteiger partial charge in [0.2, 0.25) is 0 Å². The molecule has 0 aliphatic heterocycles. The first-order valence-corrected chi connectivity index (χ1v) is 9.63. The van der Waals surface area contributed by atoms with E-state index in [2.05, 4.69) is 58.9 Å². The Bertz CT molecular complexity index is 574. The Balaban J connectivity index is -0.00000156. The molecule has 2 rings (SSSR count). The predicted molar refractivity (Wildman–Crippen MR) is 126 cm³/mol. The van der Waals surface area contributed by atoms with Gasteiger partial charge in [0.1, 0.15) is 0 Å². The molecule has 28 heavy (non-hydrogen) atoms. The number of hydrogen-bond acceptors (Lipinski definition) is 1. The van der Waals surface area contributed by atoms with Gasteiger partial charge in [-0.05, 0) is 37.5 Å². The summed E-state index contributed by atoms with van der Waals surface area (Å²) >= 11 is 0. The minimum atomic E-state index is 0. The van der Waals surface area contributed by atoms with Gasteiger partial charge < -0.3 is 27.6 Å². The van der Waals surface area contributed by atoms with Gasteiger partial charge in [0.15, 0.2) is 0 Å². The number of aliphatic imine (C=N–C) groups is 1. The predicted octanol–water partition coefficient (Wildman–Crippen LogP) is 8.60. The minimum Gasteiger partial charge on any atom is -0.656 e. The Morgan fingerprint density at radius 1 is 1.00 bits per heavy atom. The van der Waals surface area contributed by atoms with E-state index in [0.29, 0.717) is 11.8 Å². The number of nitrogens with zero attached hydrogens (tertiary/aromatic N) is 2. The third-order valence-corrected chi connectivity index (χ3v) is 4.64. The van der Waals surface area contributed by atoms with Crippen LogP contribution in [-0.4, -0.2) is 12.3 Å². The van der Waals surface area contributed by atoms with E-state index in [1.165, 1.54) is 35.4 Å². The zero-order chi connectivity index (χ0) is 17.5. The van der Waals surface area contributed by atoms with E-state index < -0.39 is 0 Å². The zero-order valence-corrected chi connectivity index (χ0v) is 23.2. The quantitative estimate of drug-likeness (QED) is 0.185. The summed E-state index contributed by atoms with van der Waals surface area (Å²) in [5.74, 6) is 0.958. The number of benzene rings is 1. The molecule has 0 fully saturated rings. The molecule has 0 aromatic heterocycles. The number of para-hydroxylation sites is 1. The molecule has 1 aromatic rings. The first-order valence-electron chi connectivity index (χ1n) is 9.63. The molecule has 1 aliphatic carbocycles. The van der Waals surface area contributed by atoms with Crippen LogP contribution in [0.25, 0.3) is 5.32 Å². The first-order chi connectivity index (χ1) is 11.5. The van der Waals surface area contributed by atoms with Gasteiger partial charge in [-0.1, -0.05) is 76.4 Å². The maximum atomic E-state index is 5.15. The molecule has 0 atom stereocenters. The molecule has 0 spiro atoms. The van der Waals surface area contributed by atoms with Crippen molar-refractivity contribution in [1.82, 2.24) is 0 Å². The van der Waals surface area contributed by atoms with Crippen LogP contribution in [0.5, 0.6) is 0 Å². The van der Waals surface area contributed by atoms with Gasteiger partial charge in [-0.25, -0.2) is 0 Å². The Hall–Kier alpha value is -0.700. The molecule has 0 bridgehead atoms. The van der Waals surface area contributed by atoms with Crippen LogP contribution in [0, 0.1) is 22.3 Å². The molecule has 0 N–H and O–H groups in total. The van der Waals surface area contributed by atoms with Crippen molar-refractivity contribution in [2.45, 2.75) is 78.6 Å². The van der Waals surface area contributed by atoms with Gasteiger partial charge in [-0.2, -0.15) is 0 Å². The minimum absolute atomic E-state index is 0. The Morgan fingerprint density at radius 2 is 1.57 bits per heavy atom. The van der Waals surface area contributed by atoms with Gasteiger partial charge in [0.05, 0.1) is 0 Å². The second kappa shape index (κ2) is 16.1. The number of rotatable bonds is 7. The van der Waals surface area contributed by atoms with E-state index in [0.717, 1.165) is 31.5 Å². The summed E-state index contributed by atoms with van der Waals surface area (Å²) in [5.41, 5.74) is 6.20. The van der Waals surface area contributed by atoms with Gasteiger partial charge in [0.25, 0.3) is 0 Å². The summed E-state index contributed by atoms with van der Waals surface area (Å²) in [6, 6.07) is 6.63. The summed E-state index contributed by atoms with van der Waals surface area (Å²) in [6.07, 6.45) is 8.03. The largest absolute Gasteiger partial charge is 0.656 e. The van der Waals surface area contributed by atoms with Crippen molar-refractivity contribution in [3.05, 3.63) is 68.7 Å². The van der Waals surface area contributed by atoms with Crippen molar-refractivity contribution in [2.75, 3.05) is 6.54 Å². The fraction of sp³-hybridized carbons (Fsp3) is 0.520. The fourth-order valence-corrected chi connectivity index (χ4v) is 3.16. The van der Waals surface area contributed by atoms with Gasteiger partial charge in [-0.15, -0.1) is 11.4 Å². The zero-order valence-electron chi connectivity index (χ0n) is 19.6.